The summed E-state index contributed by atoms with van der Waals surface area (Å²) < 4.78 is 3.87. The van der Waals surface area contributed by atoms with E-state index in [1.807, 2.05) is 0 Å². The van der Waals surface area contributed by atoms with Crippen LogP contribution in [-0.2, 0) is 6.54 Å². The average Bonchev–Trinajstić information content (AvgIpc) is 2.43. The van der Waals surface area contributed by atoms with E-state index in [0.717, 1.165) is 0 Å². The van der Waals surface area contributed by atoms with Crippen molar-refractivity contribution in [2.24, 2.45) is 5.73 Å². The Balaban J connectivity index is 2.64. The maximum atomic E-state index is 5.51. The van der Waals surface area contributed by atoms with Crippen LogP contribution in [0.1, 0.15) is 4.88 Å². The predicted molar refractivity (Wildman–Crippen MR) is 55.3 cm³/mol. The average molecular weight is 248 g/mol. The van der Waals surface area contributed by atoms with Crippen molar-refractivity contribution in [1.82, 2.24) is 0 Å². The molecule has 0 radical (unpaired) electrons. The molecular formula is C7H6BrNS2. The molecule has 2 aromatic rings. The topological polar surface area (TPSA) is 26.0 Å². The Hall–Kier alpha value is 0.1000. The minimum atomic E-state index is 0.656. The van der Waals surface area contributed by atoms with Crippen molar-refractivity contribution in [2.45, 2.75) is 6.54 Å². The lowest BCUT2D eigenvalue weighted by molar-refractivity contribution is 1.11. The van der Waals surface area contributed by atoms with Crippen LogP contribution in [0.25, 0.3) is 9.40 Å². The highest BCUT2D eigenvalue weighted by molar-refractivity contribution is 9.11. The lowest BCUT2D eigenvalue weighted by Gasteiger charge is -1.82. The Morgan fingerprint density at radius 2 is 2.00 bits per heavy atom. The second-order valence-electron chi connectivity index (χ2n) is 2.20. The molecule has 0 spiro atoms. The van der Waals surface area contributed by atoms with Crippen LogP contribution in [0.3, 0.4) is 0 Å². The van der Waals surface area contributed by atoms with Crippen molar-refractivity contribution < 1.29 is 0 Å². The third-order valence-corrected chi connectivity index (χ3v) is 4.25. The quantitative estimate of drug-likeness (QED) is 0.824. The SMILES string of the molecule is NCc1cc2sc(Br)cc2s1. The zero-order valence-electron chi connectivity index (χ0n) is 5.63. The summed E-state index contributed by atoms with van der Waals surface area (Å²) in [6, 6.07) is 4.30. The molecule has 1 nitrogen and oxygen atoms in total. The van der Waals surface area contributed by atoms with E-state index < -0.39 is 0 Å². The van der Waals surface area contributed by atoms with Crippen LogP contribution in [-0.4, -0.2) is 0 Å². The summed E-state index contributed by atoms with van der Waals surface area (Å²) in [6.45, 7) is 0.656. The highest BCUT2D eigenvalue weighted by Crippen LogP contribution is 2.35. The van der Waals surface area contributed by atoms with Gasteiger partial charge in [0, 0.05) is 20.8 Å². The summed E-state index contributed by atoms with van der Waals surface area (Å²) in [5.74, 6) is 0. The lowest BCUT2D eigenvalue weighted by atomic mass is 10.4. The van der Waals surface area contributed by atoms with Crippen LogP contribution < -0.4 is 5.73 Å². The van der Waals surface area contributed by atoms with Crippen LogP contribution in [0.2, 0.25) is 0 Å². The predicted octanol–water partition coefficient (Wildman–Crippen LogP) is 3.18. The van der Waals surface area contributed by atoms with Gasteiger partial charge >= 0.3 is 0 Å². The van der Waals surface area contributed by atoms with Gasteiger partial charge in [0.2, 0.25) is 0 Å². The summed E-state index contributed by atoms with van der Waals surface area (Å²) in [5.41, 5.74) is 5.51. The Morgan fingerprint density at radius 3 is 2.64 bits per heavy atom. The standard InChI is InChI=1S/C7H6BrNS2/c8-7-2-6-5(11-7)1-4(3-9)10-6/h1-2H,3,9H2. The molecule has 0 fully saturated rings. The molecule has 2 N–H and O–H groups in total. The molecule has 58 valence electrons. The van der Waals surface area contributed by atoms with Gasteiger partial charge < -0.3 is 5.73 Å². The van der Waals surface area contributed by atoms with E-state index >= 15 is 0 Å². The first kappa shape index (κ1) is 7.73. The zero-order chi connectivity index (χ0) is 7.84. The zero-order valence-corrected chi connectivity index (χ0v) is 8.85. The molecule has 0 saturated carbocycles. The maximum absolute atomic E-state index is 5.51. The van der Waals surface area contributed by atoms with Gasteiger partial charge in [-0.15, -0.1) is 22.7 Å². The first-order valence-electron chi connectivity index (χ1n) is 3.17. The van der Waals surface area contributed by atoms with Crippen LogP contribution >= 0.6 is 38.6 Å². The van der Waals surface area contributed by atoms with Gasteiger partial charge in [-0.3, -0.25) is 0 Å². The van der Waals surface area contributed by atoms with Gasteiger partial charge in [0.15, 0.2) is 0 Å². The fourth-order valence-electron chi connectivity index (χ4n) is 0.957. The van der Waals surface area contributed by atoms with Crippen molar-refractivity contribution in [2.75, 3.05) is 0 Å². The minimum Gasteiger partial charge on any atom is -0.326 e. The molecule has 2 rings (SSSR count). The van der Waals surface area contributed by atoms with E-state index in [2.05, 4.69) is 28.1 Å². The van der Waals surface area contributed by atoms with E-state index in [1.165, 1.54) is 18.1 Å². The monoisotopic (exact) mass is 247 g/mol. The Kier molecular flexibility index (Phi) is 2.01. The normalized spacial score (nSPS) is 11.1. The minimum absolute atomic E-state index is 0.656. The van der Waals surface area contributed by atoms with E-state index in [-0.39, 0.29) is 0 Å². The fraction of sp³-hybridized carbons (Fsp3) is 0.143. The van der Waals surface area contributed by atoms with E-state index in [0.29, 0.717) is 6.54 Å². The summed E-state index contributed by atoms with van der Waals surface area (Å²) in [6.07, 6.45) is 0. The van der Waals surface area contributed by atoms with E-state index in [4.69, 9.17) is 5.73 Å². The van der Waals surface area contributed by atoms with E-state index in [9.17, 15) is 0 Å². The molecule has 0 bridgehead atoms. The Morgan fingerprint density at radius 1 is 1.27 bits per heavy atom. The number of nitrogens with two attached hydrogens (primary N) is 1. The van der Waals surface area contributed by atoms with Gasteiger partial charge in [0.25, 0.3) is 0 Å². The van der Waals surface area contributed by atoms with Crippen LogP contribution in [0.4, 0.5) is 0 Å². The third kappa shape index (κ3) is 1.36. The number of thiophene rings is 2. The number of rotatable bonds is 1. The Bertz CT molecular complexity index is 345. The number of fused-ring (bicyclic) bond motifs is 1. The summed E-state index contributed by atoms with van der Waals surface area (Å²) in [5, 5.41) is 0. The summed E-state index contributed by atoms with van der Waals surface area (Å²) in [7, 11) is 0. The number of halogens is 1. The molecule has 2 heterocycles. The Labute approximate surface area is 81.0 Å². The van der Waals surface area contributed by atoms with Crippen molar-refractivity contribution in [1.29, 1.82) is 0 Å². The molecule has 0 saturated heterocycles. The molecule has 4 heteroatoms. The van der Waals surface area contributed by atoms with Crippen LogP contribution in [0, 0.1) is 0 Å². The molecule has 0 aliphatic carbocycles. The van der Waals surface area contributed by atoms with Gasteiger partial charge in [-0.05, 0) is 28.1 Å². The van der Waals surface area contributed by atoms with Gasteiger partial charge in [-0.25, -0.2) is 0 Å². The van der Waals surface area contributed by atoms with Gasteiger partial charge in [0.05, 0.1) is 3.79 Å². The molecule has 11 heavy (non-hydrogen) atoms. The van der Waals surface area contributed by atoms with E-state index in [1.54, 1.807) is 22.7 Å². The lowest BCUT2D eigenvalue weighted by Crippen LogP contribution is -1.90. The largest absolute Gasteiger partial charge is 0.326 e. The molecule has 0 aliphatic heterocycles. The highest BCUT2D eigenvalue weighted by atomic mass is 79.9. The highest BCUT2D eigenvalue weighted by Gasteiger charge is 2.03. The number of hydrogen-bond acceptors (Lipinski definition) is 3. The van der Waals surface area contributed by atoms with Gasteiger partial charge in [-0.1, -0.05) is 0 Å². The third-order valence-electron chi connectivity index (χ3n) is 1.43. The van der Waals surface area contributed by atoms with Crippen LogP contribution in [0.15, 0.2) is 15.9 Å². The van der Waals surface area contributed by atoms with Crippen LogP contribution in [0.5, 0.6) is 0 Å². The van der Waals surface area contributed by atoms with Gasteiger partial charge in [-0.2, -0.15) is 0 Å². The second kappa shape index (κ2) is 2.86. The second-order valence-corrected chi connectivity index (χ2v) is 5.83. The molecule has 0 aromatic carbocycles. The smallest absolute Gasteiger partial charge is 0.0719 e. The first-order chi connectivity index (χ1) is 5.29. The van der Waals surface area contributed by atoms with Crippen molar-refractivity contribution in [3.05, 3.63) is 20.8 Å². The first-order valence-corrected chi connectivity index (χ1v) is 5.60. The molecule has 2 aromatic heterocycles. The molecule has 0 unspecified atom stereocenters. The fourth-order valence-corrected chi connectivity index (χ4v) is 3.89. The summed E-state index contributed by atoms with van der Waals surface area (Å²) >= 11 is 6.98. The molecule has 0 amide bonds. The van der Waals surface area contributed by atoms with Crippen molar-refractivity contribution >= 4 is 48.0 Å². The molecule has 0 aliphatic rings. The van der Waals surface area contributed by atoms with Gasteiger partial charge in [0.1, 0.15) is 0 Å². The maximum Gasteiger partial charge on any atom is 0.0719 e. The summed E-state index contributed by atoms with van der Waals surface area (Å²) in [4.78, 5) is 1.26. The molecule has 0 atom stereocenters. The molecular weight excluding hydrogens is 242 g/mol. The number of hydrogen-bond donors (Lipinski definition) is 1. The van der Waals surface area contributed by atoms with Crippen molar-refractivity contribution in [3.8, 4) is 0 Å². The van der Waals surface area contributed by atoms with Crippen molar-refractivity contribution in [3.63, 3.8) is 0 Å².